The normalized spacial score (nSPS) is 10.9. The van der Waals surface area contributed by atoms with Crippen LogP contribution in [0, 0.1) is 0 Å². The molecular weight excluding hydrogens is 218 g/mol. The van der Waals surface area contributed by atoms with Gasteiger partial charge in [0, 0.05) is 19.2 Å². The fraction of sp³-hybridized carbons (Fsp3) is 0.308. The van der Waals surface area contributed by atoms with E-state index in [-0.39, 0.29) is 5.12 Å². The van der Waals surface area contributed by atoms with Crippen molar-refractivity contribution in [1.82, 2.24) is 5.32 Å². The van der Waals surface area contributed by atoms with Crippen molar-refractivity contribution in [2.75, 3.05) is 12.8 Å². The van der Waals surface area contributed by atoms with E-state index in [9.17, 15) is 4.79 Å². The highest BCUT2D eigenvalue weighted by atomic mass is 32.2. The molecule has 0 atom stereocenters. The van der Waals surface area contributed by atoms with E-state index in [0.29, 0.717) is 0 Å². The molecule has 1 rings (SSSR count). The van der Waals surface area contributed by atoms with Gasteiger partial charge in [0.15, 0.2) is 5.12 Å². The van der Waals surface area contributed by atoms with Gasteiger partial charge in [-0.25, -0.2) is 0 Å². The second kappa shape index (κ2) is 7.25. The number of carbonyl (C=O) groups is 1. The second-order valence-electron chi connectivity index (χ2n) is 3.48. The van der Waals surface area contributed by atoms with Crippen molar-refractivity contribution in [3.8, 4) is 0 Å². The number of nitrogens with one attached hydrogen (secondary N) is 1. The molecule has 0 aliphatic rings. The van der Waals surface area contributed by atoms with Crippen molar-refractivity contribution < 1.29 is 4.79 Å². The van der Waals surface area contributed by atoms with Crippen molar-refractivity contribution >= 4 is 23.0 Å². The number of thioether (sulfide) groups is 1. The quantitative estimate of drug-likeness (QED) is 0.851. The van der Waals surface area contributed by atoms with Gasteiger partial charge in [-0.3, -0.25) is 4.79 Å². The van der Waals surface area contributed by atoms with Crippen molar-refractivity contribution in [3.63, 3.8) is 0 Å². The zero-order valence-electron chi connectivity index (χ0n) is 9.69. The molecule has 0 bridgehead atoms. The number of hydrogen-bond donors (Lipinski definition) is 1. The number of benzene rings is 1. The summed E-state index contributed by atoms with van der Waals surface area (Å²) in [4.78, 5) is 10.7. The minimum Gasteiger partial charge on any atom is -0.316 e. The lowest BCUT2D eigenvalue weighted by Crippen LogP contribution is -2.04. The minimum atomic E-state index is 0.161. The summed E-state index contributed by atoms with van der Waals surface area (Å²) in [7, 11) is 1.94. The predicted molar refractivity (Wildman–Crippen MR) is 71.4 cm³/mol. The summed E-state index contributed by atoms with van der Waals surface area (Å²) in [6.07, 6.45) is 4.07. The Labute approximate surface area is 101 Å². The third-order valence-electron chi connectivity index (χ3n) is 2.03. The molecule has 1 aromatic carbocycles. The van der Waals surface area contributed by atoms with Gasteiger partial charge in [-0.05, 0) is 18.2 Å². The van der Waals surface area contributed by atoms with Crippen molar-refractivity contribution in [2.24, 2.45) is 0 Å². The molecule has 0 heterocycles. The molecular formula is C13H17NOS. The topological polar surface area (TPSA) is 29.1 Å². The fourth-order valence-electron chi connectivity index (χ4n) is 1.36. The fourth-order valence-corrected chi connectivity index (χ4v) is 1.79. The predicted octanol–water partition coefficient (Wildman–Crippen LogP) is 2.70. The molecule has 0 radical (unpaired) electrons. The van der Waals surface area contributed by atoms with Crippen molar-refractivity contribution in [1.29, 1.82) is 0 Å². The number of rotatable bonds is 5. The third kappa shape index (κ3) is 5.14. The molecule has 1 aromatic rings. The molecule has 0 aliphatic carbocycles. The molecule has 16 heavy (non-hydrogen) atoms. The first-order valence-corrected chi connectivity index (χ1v) is 6.24. The van der Waals surface area contributed by atoms with Gasteiger partial charge in [-0.2, -0.15) is 0 Å². The zero-order chi connectivity index (χ0) is 11.8. The third-order valence-corrected chi connectivity index (χ3v) is 2.79. The lowest BCUT2D eigenvalue weighted by atomic mass is 10.1. The van der Waals surface area contributed by atoms with Gasteiger partial charge in [-0.1, -0.05) is 48.2 Å². The van der Waals surface area contributed by atoms with E-state index in [1.54, 1.807) is 6.92 Å². The van der Waals surface area contributed by atoms with E-state index in [1.165, 1.54) is 22.9 Å². The van der Waals surface area contributed by atoms with Crippen molar-refractivity contribution in [3.05, 3.63) is 41.5 Å². The molecule has 3 heteroatoms. The summed E-state index contributed by atoms with van der Waals surface area (Å²) in [6.45, 7) is 2.47. The van der Waals surface area contributed by atoms with Crippen LogP contribution >= 0.6 is 11.8 Å². The molecule has 86 valence electrons. The SMILES string of the molecule is CNCc1cccc(C=CCSC(C)=O)c1. The number of hydrogen-bond acceptors (Lipinski definition) is 3. The summed E-state index contributed by atoms with van der Waals surface area (Å²) in [6, 6.07) is 8.35. The van der Waals surface area contributed by atoms with E-state index >= 15 is 0 Å². The average Bonchev–Trinajstić information content (AvgIpc) is 2.25. The van der Waals surface area contributed by atoms with Gasteiger partial charge in [0.1, 0.15) is 0 Å². The van der Waals surface area contributed by atoms with Crippen LogP contribution in [0.2, 0.25) is 0 Å². The Kier molecular flexibility index (Phi) is 5.90. The highest BCUT2D eigenvalue weighted by Crippen LogP contribution is 2.08. The molecule has 0 saturated heterocycles. The Morgan fingerprint density at radius 1 is 1.50 bits per heavy atom. The smallest absolute Gasteiger partial charge is 0.186 e. The Hall–Kier alpha value is -1.06. The van der Waals surface area contributed by atoms with Gasteiger partial charge in [0.25, 0.3) is 0 Å². The molecule has 0 aromatic heterocycles. The summed E-state index contributed by atoms with van der Waals surface area (Å²) in [5, 5.41) is 3.28. The summed E-state index contributed by atoms with van der Waals surface area (Å²) < 4.78 is 0. The van der Waals surface area contributed by atoms with Crippen LogP contribution in [0.5, 0.6) is 0 Å². The molecule has 0 spiro atoms. The first kappa shape index (κ1) is 13.0. The average molecular weight is 235 g/mol. The summed E-state index contributed by atoms with van der Waals surface area (Å²) >= 11 is 1.33. The molecule has 0 aliphatic heterocycles. The first-order valence-electron chi connectivity index (χ1n) is 5.26. The van der Waals surface area contributed by atoms with Crippen LogP contribution < -0.4 is 5.32 Å². The Morgan fingerprint density at radius 3 is 3.00 bits per heavy atom. The Bertz CT molecular complexity index is 374. The summed E-state index contributed by atoms with van der Waals surface area (Å²) in [5.74, 6) is 0.742. The monoisotopic (exact) mass is 235 g/mol. The van der Waals surface area contributed by atoms with E-state index in [2.05, 4.69) is 29.6 Å². The molecule has 1 N–H and O–H groups in total. The highest BCUT2D eigenvalue weighted by Gasteiger charge is 1.92. The van der Waals surface area contributed by atoms with Crippen LogP contribution in [0.25, 0.3) is 6.08 Å². The van der Waals surface area contributed by atoms with Gasteiger partial charge in [0.2, 0.25) is 0 Å². The number of carbonyl (C=O) groups excluding carboxylic acids is 1. The van der Waals surface area contributed by atoms with Gasteiger partial charge in [0.05, 0.1) is 0 Å². The maximum absolute atomic E-state index is 10.7. The molecule has 2 nitrogen and oxygen atoms in total. The van der Waals surface area contributed by atoms with Crippen LogP contribution in [-0.2, 0) is 11.3 Å². The largest absolute Gasteiger partial charge is 0.316 e. The van der Waals surface area contributed by atoms with Crippen LogP contribution in [-0.4, -0.2) is 17.9 Å². The maximum atomic E-state index is 10.7. The van der Waals surface area contributed by atoms with Crippen LogP contribution in [0.3, 0.4) is 0 Å². The standard InChI is InChI=1S/C13H17NOS/c1-11(15)16-8-4-7-12-5-3-6-13(9-12)10-14-2/h3-7,9,14H,8,10H2,1-2H3. The van der Waals surface area contributed by atoms with E-state index in [4.69, 9.17) is 0 Å². The Balaban J connectivity index is 2.52. The van der Waals surface area contributed by atoms with E-state index < -0.39 is 0 Å². The Morgan fingerprint density at radius 2 is 2.31 bits per heavy atom. The molecule has 0 unspecified atom stereocenters. The lowest BCUT2D eigenvalue weighted by molar-refractivity contribution is -0.109. The van der Waals surface area contributed by atoms with Gasteiger partial charge < -0.3 is 5.32 Å². The second-order valence-corrected chi connectivity index (χ2v) is 4.68. The van der Waals surface area contributed by atoms with Crippen LogP contribution in [0.4, 0.5) is 0 Å². The van der Waals surface area contributed by atoms with E-state index in [0.717, 1.165) is 12.3 Å². The minimum absolute atomic E-state index is 0.161. The maximum Gasteiger partial charge on any atom is 0.186 e. The van der Waals surface area contributed by atoms with E-state index in [1.807, 2.05) is 19.2 Å². The van der Waals surface area contributed by atoms with Gasteiger partial charge in [-0.15, -0.1) is 0 Å². The molecule has 0 saturated carbocycles. The van der Waals surface area contributed by atoms with Crippen LogP contribution in [0.15, 0.2) is 30.3 Å². The highest BCUT2D eigenvalue weighted by molar-refractivity contribution is 8.13. The lowest BCUT2D eigenvalue weighted by Gasteiger charge is -2.00. The van der Waals surface area contributed by atoms with Crippen molar-refractivity contribution in [2.45, 2.75) is 13.5 Å². The first-order chi connectivity index (χ1) is 7.72. The molecule has 0 fully saturated rings. The molecule has 0 amide bonds. The zero-order valence-corrected chi connectivity index (χ0v) is 10.5. The summed E-state index contributed by atoms with van der Waals surface area (Å²) in [5.41, 5.74) is 2.45. The van der Waals surface area contributed by atoms with Gasteiger partial charge >= 0.3 is 0 Å². The van der Waals surface area contributed by atoms with Crippen LogP contribution in [0.1, 0.15) is 18.1 Å².